The van der Waals surface area contributed by atoms with Crippen LogP contribution in [-0.4, -0.2) is 22.2 Å². The van der Waals surface area contributed by atoms with Crippen LogP contribution < -0.4 is 11.0 Å². The number of hydrogen-bond donors (Lipinski definition) is 1. The first kappa shape index (κ1) is 11.5. The molecular formula is C14H19N3O. The zero-order chi connectivity index (χ0) is 12.7. The zero-order valence-electron chi connectivity index (χ0n) is 10.9. The minimum absolute atomic E-state index is 0.111. The molecule has 0 bridgehead atoms. The van der Waals surface area contributed by atoms with Crippen LogP contribution in [0.1, 0.15) is 24.9 Å². The van der Waals surface area contributed by atoms with Gasteiger partial charge < -0.3 is 5.32 Å². The largest absolute Gasteiger partial charge is 0.329 e. The number of nitrogens with zero attached hydrogens (tertiary/aromatic N) is 2. The van der Waals surface area contributed by atoms with Gasteiger partial charge in [0.1, 0.15) is 0 Å². The molecule has 1 aromatic carbocycles. The Kier molecular flexibility index (Phi) is 2.74. The van der Waals surface area contributed by atoms with Crippen LogP contribution in [0.3, 0.4) is 0 Å². The van der Waals surface area contributed by atoms with Crippen molar-refractivity contribution in [3.05, 3.63) is 34.2 Å². The van der Waals surface area contributed by atoms with E-state index in [9.17, 15) is 4.79 Å². The Labute approximate surface area is 106 Å². The first-order valence-corrected chi connectivity index (χ1v) is 6.63. The first-order chi connectivity index (χ1) is 8.74. The third kappa shape index (κ3) is 1.52. The number of aryl methyl sites for hydroxylation is 2. The lowest BCUT2D eigenvalue weighted by molar-refractivity contribution is 0.535. The Balaban J connectivity index is 2.32. The molecule has 3 rings (SSSR count). The summed E-state index contributed by atoms with van der Waals surface area (Å²) in [4.78, 5) is 12.4. The molecule has 2 aromatic rings. The number of fused-ring (bicyclic) bond motifs is 1. The summed E-state index contributed by atoms with van der Waals surface area (Å²) in [5, 5.41) is 3.33. The van der Waals surface area contributed by atoms with Crippen molar-refractivity contribution in [2.24, 2.45) is 7.05 Å². The van der Waals surface area contributed by atoms with Crippen molar-refractivity contribution < 1.29 is 0 Å². The van der Waals surface area contributed by atoms with Crippen LogP contribution in [0.2, 0.25) is 0 Å². The maximum Gasteiger partial charge on any atom is 0.329 e. The van der Waals surface area contributed by atoms with Crippen molar-refractivity contribution in [1.82, 2.24) is 14.5 Å². The van der Waals surface area contributed by atoms with Crippen molar-refractivity contribution in [2.75, 3.05) is 13.1 Å². The minimum atomic E-state index is 0.111. The lowest BCUT2D eigenvalue weighted by atomic mass is 10.1. The Bertz CT molecular complexity index is 632. The SMILES string of the molecule is CCc1cccc2c1n(C)c(=O)n2C1CCNC1. The van der Waals surface area contributed by atoms with E-state index in [1.54, 1.807) is 4.57 Å². The van der Waals surface area contributed by atoms with Crippen molar-refractivity contribution in [1.29, 1.82) is 0 Å². The fourth-order valence-corrected chi connectivity index (χ4v) is 3.02. The Morgan fingerprint density at radius 1 is 1.44 bits per heavy atom. The Morgan fingerprint density at radius 2 is 2.28 bits per heavy atom. The molecule has 1 aromatic heterocycles. The standard InChI is InChI=1S/C14H19N3O/c1-3-10-5-4-6-12-13(10)16(2)14(18)17(12)11-7-8-15-9-11/h4-6,11,15H,3,7-9H2,1-2H3. The predicted octanol–water partition coefficient (Wildman–Crippen LogP) is 1.44. The number of aromatic nitrogens is 2. The van der Waals surface area contributed by atoms with Crippen LogP contribution in [0.15, 0.2) is 23.0 Å². The topological polar surface area (TPSA) is 39.0 Å². The van der Waals surface area contributed by atoms with E-state index in [1.165, 1.54) is 5.56 Å². The molecule has 4 heteroatoms. The van der Waals surface area contributed by atoms with Gasteiger partial charge in [0.2, 0.25) is 0 Å². The fraction of sp³-hybridized carbons (Fsp3) is 0.500. The van der Waals surface area contributed by atoms with E-state index in [0.717, 1.165) is 37.0 Å². The van der Waals surface area contributed by atoms with Gasteiger partial charge in [-0.2, -0.15) is 0 Å². The molecule has 0 saturated carbocycles. The van der Waals surface area contributed by atoms with Crippen LogP contribution >= 0.6 is 0 Å². The van der Waals surface area contributed by atoms with Gasteiger partial charge in [-0.25, -0.2) is 4.79 Å². The second-order valence-corrected chi connectivity index (χ2v) is 5.00. The summed E-state index contributed by atoms with van der Waals surface area (Å²) >= 11 is 0. The van der Waals surface area contributed by atoms with Gasteiger partial charge in [-0.05, 0) is 31.0 Å². The molecular weight excluding hydrogens is 226 g/mol. The maximum absolute atomic E-state index is 12.4. The maximum atomic E-state index is 12.4. The van der Waals surface area contributed by atoms with Crippen LogP contribution in [0.25, 0.3) is 11.0 Å². The quantitative estimate of drug-likeness (QED) is 0.869. The number of benzene rings is 1. The molecule has 0 aliphatic carbocycles. The van der Waals surface area contributed by atoms with Crippen LogP contribution in [0.5, 0.6) is 0 Å². The van der Waals surface area contributed by atoms with E-state index < -0.39 is 0 Å². The van der Waals surface area contributed by atoms with Crippen LogP contribution in [-0.2, 0) is 13.5 Å². The molecule has 0 radical (unpaired) electrons. The van der Waals surface area contributed by atoms with E-state index in [1.807, 2.05) is 11.6 Å². The second-order valence-electron chi connectivity index (χ2n) is 5.00. The smallest absolute Gasteiger partial charge is 0.315 e. The third-order valence-corrected chi connectivity index (χ3v) is 3.97. The molecule has 4 nitrogen and oxygen atoms in total. The molecule has 2 heterocycles. The number of nitrogens with one attached hydrogen (secondary N) is 1. The second kappa shape index (κ2) is 4.28. The van der Waals surface area contributed by atoms with Gasteiger partial charge in [-0.3, -0.25) is 9.13 Å². The lowest BCUT2D eigenvalue weighted by Gasteiger charge is -2.10. The van der Waals surface area contributed by atoms with E-state index in [2.05, 4.69) is 30.4 Å². The molecule has 1 atom stereocenters. The van der Waals surface area contributed by atoms with Crippen molar-refractivity contribution in [2.45, 2.75) is 25.8 Å². The lowest BCUT2D eigenvalue weighted by Crippen LogP contribution is -2.27. The molecule has 1 aliphatic rings. The summed E-state index contributed by atoms with van der Waals surface area (Å²) < 4.78 is 3.76. The van der Waals surface area contributed by atoms with Gasteiger partial charge >= 0.3 is 5.69 Å². The Hall–Kier alpha value is -1.55. The van der Waals surface area contributed by atoms with Crippen LogP contribution in [0, 0.1) is 0 Å². The molecule has 0 spiro atoms. The van der Waals surface area contributed by atoms with Crippen molar-refractivity contribution >= 4 is 11.0 Å². The molecule has 96 valence electrons. The molecule has 1 saturated heterocycles. The van der Waals surface area contributed by atoms with Gasteiger partial charge in [0.25, 0.3) is 0 Å². The summed E-state index contributed by atoms with van der Waals surface area (Å²) in [6, 6.07) is 6.53. The molecule has 1 fully saturated rings. The van der Waals surface area contributed by atoms with Gasteiger partial charge in [-0.1, -0.05) is 19.1 Å². The summed E-state index contributed by atoms with van der Waals surface area (Å²) in [6.07, 6.45) is 1.99. The highest BCUT2D eigenvalue weighted by Gasteiger charge is 2.22. The highest BCUT2D eigenvalue weighted by Crippen LogP contribution is 2.23. The molecule has 1 unspecified atom stereocenters. The van der Waals surface area contributed by atoms with Gasteiger partial charge in [0.15, 0.2) is 0 Å². The van der Waals surface area contributed by atoms with Gasteiger partial charge in [-0.15, -0.1) is 0 Å². The molecule has 0 amide bonds. The monoisotopic (exact) mass is 245 g/mol. The van der Waals surface area contributed by atoms with Gasteiger partial charge in [0, 0.05) is 13.6 Å². The Morgan fingerprint density at radius 3 is 2.94 bits per heavy atom. The molecule has 18 heavy (non-hydrogen) atoms. The first-order valence-electron chi connectivity index (χ1n) is 6.63. The van der Waals surface area contributed by atoms with E-state index in [0.29, 0.717) is 6.04 Å². The summed E-state index contributed by atoms with van der Waals surface area (Å²) in [5.41, 5.74) is 3.53. The highest BCUT2D eigenvalue weighted by molar-refractivity contribution is 5.80. The van der Waals surface area contributed by atoms with E-state index >= 15 is 0 Å². The van der Waals surface area contributed by atoms with Crippen molar-refractivity contribution in [3.8, 4) is 0 Å². The number of imidazole rings is 1. The highest BCUT2D eigenvalue weighted by atomic mass is 16.1. The summed E-state index contributed by atoms with van der Waals surface area (Å²) in [6.45, 7) is 4.03. The van der Waals surface area contributed by atoms with Crippen LogP contribution in [0.4, 0.5) is 0 Å². The minimum Gasteiger partial charge on any atom is -0.315 e. The number of rotatable bonds is 2. The fourth-order valence-electron chi connectivity index (χ4n) is 3.02. The zero-order valence-corrected chi connectivity index (χ0v) is 10.9. The molecule has 1 N–H and O–H groups in total. The summed E-state index contributed by atoms with van der Waals surface area (Å²) in [7, 11) is 1.88. The predicted molar refractivity (Wildman–Crippen MR) is 73.1 cm³/mol. The number of para-hydroxylation sites is 1. The van der Waals surface area contributed by atoms with Crippen molar-refractivity contribution in [3.63, 3.8) is 0 Å². The average molecular weight is 245 g/mol. The molecule has 1 aliphatic heterocycles. The van der Waals surface area contributed by atoms with E-state index in [-0.39, 0.29) is 5.69 Å². The average Bonchev–Trinajstić information content (AvgIpc) is 2.98. The normalized spacial score (nSPS) is 19.8. The number of hydrogen-bond acceptors (Lipinski definition) is 2. The summed E-state index contributed by atoms with van der Waals surface area (Å²) in [5.74, 6) is 0. The third-order valence-electron chi connectivity index (χ3n) is 3.97. The van der Waals surface area contributed by atoms with Gasteiger partial charge in [0.05, 0.1) is 17.1 Å². The van der Waals surface area contributed by atoms with E-state index in [4.69, 9.17) is 0 Å².